The predicted octanol–water partition coefficient (Wildman–Crippen LogP) is 11.3. The Balaban J connectivity index is 2.14. The van der Waals surface area contributed by atoms with Crippen molar-refractivity contribution in [3.63, 3.8) is 0 Å². The maximum absolute atomic E-state index is 13.1. The molecule has 9 atom stereocenters. The third-order valence-corrected chi connectivity index (χ3v) is 13.7. The maximum atomic E-state index is 13.1. The molecule has 1 heterocycles. The molecule has 0 spiro atoms. The largest absolute Gasteiger partial charge is 0.394 e. The zero-order chi connectivity index (χ0) is 49.0. The summed E-state index contributed by atoms with van der Waals surface area (Å²) >= 11 is 0. The number of carbonyl (C=O) groups excluding carboxylic acids is 1. The van der Waals surface area contributed by atoms with E-state index in [2.05, 4.69) is 43.5 Å². The number of aliphatic hydroxyl groups excluding tert-OH is 7. The van der Waals surface area contributed by atoms with Crippen LogP contribution in [0.2, 0.25) is 0 Å². The average molecular weight is 954 g/mol. The van der Waals surface area contributed by atoms with Gasteiger partial charge < -0.3 is 50.5 Å². The summed E-state index contributed by atoms with van der Waals surface area (Å²) < 4.78 is 11.1. The van der Waals surface area contributed by atoms with Crippen LogP contribution in [0.5, 0.6) is 0 Å². The second-order valence-electron chi connectivity index (χ2n) is 20.0. The lowest BCUT2D eigenvalue weighted by molar-refractivity contribution is -0.303. The van der Waals surface area contributed by atoms with Gasteiger partial charge in [-0.1, -0.05) is 218 Å². The van der Waals surface area contributed by atoms with Crippen molar-refractivity contribution in [3.05, 3.63) is 24.3 Å². The summed E-state index contributed by atoms with van der Waals surface area (Å²) in [5, 5.41) is 75.6. The molecule has 0 aromatic heterocycles. The van der Waals surface area contributed by atoms with Gasteiger partial charge >= 0.3 is 0 Å². The normalized spacial score (nSPS) is 20.8. The number of ether oxygens (including phenoxy) is 2. The molecule has 1 amide bonds. The summed E-state index contributed by atoms with van der Waals surface area (Å²) in [6, 6.07) is -1.18. The van der Waals surface area contributed by atoms with Crippen molar-refractivity contribution >= 4 is 5.91 Å². The zero-order valence-electron chi connectivity index (χ0n) is 43.1. The van der Waals surface area contributed by atoms with Gasteiger partial charge in [0.05, 0.1) is 25.4 Å². The summed E-state index contributed by atoms with van der Waals surface area (Å²) in [4.78, 5) is 13.1. The number of allylic oxidation sites excluding steroid dienone is 4. The molecule has 396 valence electrons. The van der Waals surface area contributed by atoms with E-state index >= 15 is 0 Å². The Morgan fingerprint density at radius 3 is 1.31 bits per heavy atom. The molecule has 9 unspecified atom stereocenters. The Morgan fingerprint density at radius 2 is 0.881 bits per heavy atom. The topological polar surface area (TPSA) is 189 Å². The highest BCUT2D eigenvalue weighted by Gasteiger charge is 2.44. The molecule has 1 aliphatic heterocycles. The Bertz CT molecular complexity index is 1140. The van der Waals surface area contributed by atoms with Gasteiger partial charge in [0.15, 0.2) is 6.29 Å². The van der Waals surface area contributed by atoms with E-state index in [0.717, 1.165) is 44.9 Å². The molecule has 8 N–H and O–H groups in total. The molecule has 11 nitrogen and oxygen atoms in total. The van der Waals surface area contributed by atoms with Gasteiger partial charge in [-0.25, -0.2) is 0 Å². The van der Waals surface area contributed by atoms with Crippen molar-refractivity contribution in [2.75, 3.05) is 13.2 Å². The van der Waals surface area contributed by atoms with Crippen LogP contribution in [0.4, 0.5) is 0 Å². The highest BCUT2D eigenvalue weighted by Crippen LogP contribution is 2.23. The second kappa shape index (κ2) is 45.7. The number of rotatable bonds is 48. The first kappa shape index (κ1) is 63.6. The van der Waals surface area contributed by atoms with Crippen LogP contribution >= 0.6 is 0 Å². The summed E-state index contributed by atoms with van der Waals surface area (Å²) in [5.41, 5.74) is 0. The van der Waals surface area contributed by atoms with Crippen molar-refractivity contribution in [2.45, 2.75) is 313 Å². The van der Waals surface area contributed by atoms with Gasteiger partial charge in [0.2, 0.25) is 5.91 Å². The molecule has 11 heteroatoms. The quantitative estimate of drug-likeness (QED) is 0.0215. The van der Waals surface area contributed by atoms with Crippen LogP contribution in [0, 0.1) is 0 Å². The monoisotopic (exact) mass is 954 g/mol. The van der Waals surface area contributed by atoms with E-state index in [0.29, 0.717) is 12.8 Å². The summed E-state index contributed by atoms with van der Waals surface area (Å²) in [5.74, 6) is -0.706. The lowest BCUT2D eigenvalue weighted by Crippen LogP contribution is -2.60. The first-order chi connectivity index (χ1) is 32.7. The van der Waals surface area contributed by atoms with Crippen molar-refractivity contribution in [1.29, 1.82) is 0 Å². The van der Waals surface area contributed by atoms with E-state index in [-0.39, 0.29) is 12.8 Å². The van der Waals surface area contributed by atoms with Crippen molar-refractivity contribution in [3.8, 4) is 0 Å². The number of hydrogen-bond donors (Lipinski definition) is 8. The summed E-state index contributed by atoms with van der Waals surface area (Å²) in [6.07, 6.45) is 43.0. The predicted molar refractivity (Wildman–Crippen MR) is 275 cm³/mol. The number of aliphatic hydroxyl groups is 7. The molecular formula is C56H107NO10. The molecule has 1 fully saturated rings. The minimum absolute atomic E-state index is 0.256. The SMILES string of the molecule is CCCCC/C=C/CCCC(O)C(O)C(COC1OC(CO)C(O)C(O)C1O)NC(=O)C(O)CCCCCCCCCCCCCCCCCC/C=C\CCCCCCCCCCCCCC. The smallest absolute Gasteiger partial charge is 0.249 e. The number of nitrogens with one attached hydrogen (secondary N) is 1. The number of amides is 1. The van der Waals surface area contributed by atoms with Crippen LogP contribution < -0.4 is 5.32 Å². The molecule has 0 radical (unpaired) electrons. The second-order valence-corrected chi connectivity index (χ2v) is 20.0. The van der Waals surface area contributed by atoms with Gasteiger partial charge in [0.1, 0.15) is 36.6 Å². The highest BCUT2D eigenvalue weighted by atomic mass is 16.7. The molecule has 0 aliphatic carbocycles. The fraction of sp³-hybridized carbons (Fsp3) is 0.911. The van der Waals surface area contributed by atoms with Crippen LogP contribution in [-0.2, 0) is 14.3 Å². The minimum Gasteiger partial charge on any atom is -0.394 e. The van der Waals surface area contributed by atoms with Gasteiger partial charge in [-0.2, -0.15) is 0 Å². The lowest BCUT2D eigenvalue weighted by atomic mass is 9.98. The standard InChI is InChI=1S/C56H107NO10/c1-3-5-7-9-11-13-14-15-16-17-18-19-20-21-22-23-24-25-26-27-28-29-30-31-32-33-34-35-36-38-40-42-44-49(60)55(65)57-47(46-66-56-54(64)53(63)52(62)50(45-58)67-56)51(61)48(59)43-41-39-37-12-10-8-6-4-2/h12,21-22,37,47-54,56,58-64H,3-11,13-20,23-36,38-46H2,1-2H3,(H,57,65)/b22-21-,37-12+. The Kier molecular flexibility index (Phi) is 43.4. The molecule has 67 heavy (non-hydrogen) atoms. The van der Waals surface area contributed by atoms with Gasteiger partial charge in [0.25, 0.3) is 0 Å². The molecule has 0 aromatic rings. The zero-order valence-corrected chi connectivity index (χ0v) is 43.1. The van der Waals surface area contributed by atoms with E-state index in [1.54, 1.807) is 0 Å². The van der Waals surface area contributed by atoms with Crippen LogP contribution in [0.25, 0.3) is 0 Å². The Morgan fingerprint density at radius 1 is 0.507 bits per heavy atom. The van der Waals surface area contributed by atoms with Gasteiger partial charge in [-0.3, -0.25) is 4.79 Å². The fourth-order valence-corrected chi connectivity index (χ4v) is 9.08. The third-order valence-electron chi connectivity index (χ3n) is 13.7. The third kappa shape index (κ3) is 34.5. The van der Waals surface area contributed by atoms with Gasteiger partial charge in [-0.15, -0.1) is 0 Å². The van der Waals surface area contributed by atoms with E-state index in [9.17, 15) is 40.5 Å². The summed E-state index contributed by atoms with van der Waals surface area (Å²) in [6.45, 7) is 3.38. The number of hydrogen-bond acceptors (Lipinski definition) is 10. The molecule has 0 saturated carbocycles. The molecule has 0 aromatic carbocycles. The molecule has 1 aliphatic rings. The van der Waals surface area contributed by atoms with Crippen molar-refractivity contribution in [1.82, 2.24) is 5.32 Å². The van der Waals surface area contributed by atoms with Crippen LogP contribution in [-0.4, -0.2) is 110 Å². The Labute approximate surface area is 410 Å². The average Bonchev–Trinajstić information content (AvgIpc) is 3.33. The fourth-order valence-electron chi connectivity index (χ4n) is 9.08. The maximum Gasteiger partial charge on any atom is 0.249 e. The van der Waals surface area contributed by atoms with E-state index in [1.807, 2.05) is 0 Å². The van der Waals surface area contributed by atoms with Crippen LogP contribution in [0.1, 0.15) is 258 Å². The van der Waals surface area contributed by atoms with Crippen molar-refractivity contribution < 1.29 is 50.0 Å². The number of unbranched alkanes of at least 4 members (excludes halogenated alkanes) is 32. The first-order valence-electron chi connectivity index (χ1n) is 28.2. The van der Waals surface area contributed by atoms with Crippen molar-refractivity contribution in [2.24, 2.45) is 0 Å². The van der Waals surface area contributed by atoms with Gasteiger partial charge in [-0.05, 0) is 64.2 Å². The molecule has 1 rings (SSSR count). The minimum atomic E-state index is -1.66. The van der Waals surface area contributed by atoms with E-state index < -0.39 is 74.2 Å². The van der Waals surface area contributed by atoms with Crippen LogP contribution in [0.3, 0.4) is 0 Å². The van der Waals surface area contributed by atoms with E-state index in [4.69, 9.17) is 9.47 Å². The number of carbonyl (C=O) groups is 1. The van der Waals surface area contributed by atoms with Gasteiger partial charge in [0, 0.05) is 0 Å². The lowest BCUT2D eigenvalue weighted by Gasteiger charge is -2.40. The highest BCUT2D eigenvalue weighted by molar-refractivity contribution is 5.80. The Hall–Kier alpha value is -1.41. The summed E-state index contributed by atoms with van der Waals surface area (Å²) in [7, 11) is 0. The first-order valence-corrected chi connectivity index (χ1v) is 28.2. The molecular weight excluding hydrogens is 847 g/mol. The van der Waals surface area contributed by atoms with Crippen LogP contribution in [0.15, 0.2) is 24.3 Å². The molecule has 1 saturated heterocycles. The molecule has 0 bridgehead atoms. The van der Waals surface area contributed by atoms with E-state index in [1.165, 1.54) is 173 Å².